The maximum absolute atomic E-state index is 11.6. The molecule has 0 amide bonds. The van der Waals surface area contributed by atoms with Crippen LogP contribution in [0.5, 0.6) is 0 Å². The lowest BCUT2D eigenvalue weighted by atomic mass is 10.3. The fourth-order valence-corrected chi connectivity index (χ4v) is 1.45. The largest absolute Gasteiger partial charge is 0.293 e. The quantitative estimate of drug-likeness (QED) is 0.586. The van der Waals surface area contributed by atoms with Gasteiger partial charge in [0.25, 0.3) is 5.56 Å². The van der Waals surface area contributed by atoms with Crippen LogP contribution in [0.25, 0.3) is 0 Å². The molecule has 0 aliphatic heterocycles. The van der Waals surface area contributed by atoms with Gasteiger partial charge in [0.15, 0.2) is 0 Å². The van der Waals surface area contributed by atoms with Gasteiger partial charge in [-0.25, -0.2) is 4.98 Å². The molecule has 0 N–H and O–H groups in total. The number of hydrogen-bond acceptors (Lipinski definition) is 2. The molecule has 4 heteroatoms. The number of hydrogen-bond donors (Lipinski definition) is 0. The van der Waals surface area contributed by atoms with Gasteiger partial charge in [-0.1, -0.05) is 30.2 Å². The SMILES string of the molecule is CCc1nc(Cl)cc(=O)n1CC=C(C)C. The van der Waals surface area contributed by atoms with Crippen molar-refractivity contribution in [2.45, 2.75) is 33.7 Å². The molecule has 1 aromatic heterocycles. The van der Waals surface area contributed by atoms with Crippen LogP contribution in [0.15, 0.2) is 22.5 Å². The first-order valence-electron chi connectivity index (χ1n) is 4.94. The monoisotopic (exact) mass is 226 g/mol. The minimum absolute atomic E-state index is 0.0932. The third-order valence-corrected chi connectivity index (χ3v) is 2.25. The van der Waals surface area contributed by atoms with Crippen LogP contribution in [0.3, 0.4) is 0 Å². The van der Waals surface area contributed by atoms with E-state index in [4.69, 9.17) is 11.6 Å². The molecule has 0 bridgehead atoms. The minimum atomic E-state index is -0.0932. The average molecular weight is 227 g/mol. The summed E-state index contributed by atoms with van der Waals surface area (Å²) in [5, 5.41) is 0.269. The normalized spacial score (nSPS) is 10.1. The predicted molar refractivity (Wildman–Crippen MR) is 62.3 cm³/mol. The first-order valence-corrected chi connectivity index (χ1v) is 5.32. The van der Waals surface area contributed by atoms with Crippen molar-refractivity contribution in [3.8, 4) is 0 Å². The van der Waals surface area contributed by atoms with Crippen molar-refractivity contribution < 1.29 is 0 Å². The van der Waals surface area contributed by atoms with Crippen molar-refractivity contribution >= 4 is 11.6 Å². The van der Waals surface area contributed by atoms with Crippen molar-refractivity contribution in [3.05, 3.63) is 39.0 Å². The molecule has 1 rings (SSSR count). The third kappa shape index (κ3) is 3.20. The van der Waals surface area contributed by atoms with Gasteiger partial charge in [-0.2, -0.15) is 0 Å². The summed E-state index contributed by atoms with van der Waals surface area (Å²) in [6.45, 7) is 6.52. The van der Waals surface area contributed by atoms with Gasteiger partial charge in [0.1, 0.15) is 11.0 Å². The third-order valence-electron chi connectivity index (χ3n) is 2.05. The van der Waals surface area contributed by atoms with Crippen LogP contribution in [-0.4, -0.2) is 9.55 Å². The Morgan fingerprint density at radius 1 is 1.60 bits per heavy atom. The minimum Gasteiger partial charge on any atom is -0.293 e. The number of halogens is 1. The Bertz CT molecular complexity index is 431. The first-order chi connectivity index (χ1) is 7.04. The van der Waals surface area contributed by atoms with Crippen LogP contribution >= 0.6 is 11.6 Å². The number of aryl methyl sites for hydroxylation is 1. The van der Waals surface area contributed by atoms with E-state index in [9.17, 15) is 4.79 Å². The van der Waals surface area contributed by atoms with Crippen LogP contribution in [-0.2, 0) is 13.0 Å². The second kappa shape index (κ2) is 5.12. The van der Waals surface area contributed by atoms with Crippen LogP contribution < -0.4 is 5.56 Å². The molecule has 0 aliphatic rings. The Morgan fingerprint density at radius 2 is 2.27 bits per heavy atom. The van der Waals surface area contributed by atoms with E-state index in [1.165, 1.54) is 11.6 Å². The Labute approximate surface area is 94.4 Å². The highest BCUT2D eigenvalue weighted by atomic mass is 35.5. The van der Waals surface area contributed by atoms with Crippen LogP contribution in [0.4, 0.5) is 0 Å². The lowest BCUT2D eigenvalue weighted by Crippen LogP contribution is -2.23. The van der Waals surface area contributed by atoms with E-state index < -0.39 is 0 Å². The second-order valence-electron chi connectivity index (χ2n) is 3.58. The molecule has 15 heavy (non-hydrogen) atoms. The van der Waals surface area contributed by atoms with E-state index in [2.05, 4.69) is 4.98 Å². The van der Waals surface area contributed by atoms with E-state index in [1.54, 1.807) is 4.57 Å². The van der Waals surface area contributed by atoms with Crippen LogP contribution in [0, 0.1) is 0 Å². The fraction of sp³-hybridized carbons (Fsp3) is 0.455. The van der Waals surface area contributed by atoms with Crippen molar-refractivity contribution in [2.24, 2.45) is 0 Å². The molecule has 0 fully saturated rings. The zero-order chi connectivity index (χ0) is 11.4. The summed E-state index contributed by atoms with van der Waals surface area (Å²) in [5.41, 5.74) is 1.09. The Hall–Kier alpha value is -1.09. The van der Waals surface area contributed by atoms with Gasteiger partial charge >= 0.3 is 0 Å². The summed E-state index contributed by atoms with van der Waals surface area (Å²) in [6.07, 6.45) is 2.70. The topological polar surface area (TPSA) is 34.9 Å². The highest BCUT2D eigenvalue weighted by Gasteiger charge is 2.04. The maximum atomic E-state index is 11.6. The maximum Gasteiger partial charge on any atom is 0.255 e. The molecule has 82 valence electrons. The zero-order valence-corrected chi connectivity index (χ0v) is 10.0. The number of aromatic nitrogens is 2. The smallest absolute Gasteiger partial charge is 0.255 e. The van der Waals surface area contributed by atoms with E-state index in [0.717, 1.165) is 5.82 Å². The number of rotatable bonds is 3. The summed E-state index contributed by atoms with van der Waals surface area (Å²) in [7, 11) is 0. The lowest BCUT2D eigenvalue weighted by Gasteiger charge is -2.08. The van der Waals surface area contributed by atoms with Crippen LogP contribution in [0.2, 0.25) is 5.15 Å². The highest BCUT2D eigenvalue weighted by molar-refractivity contribution is 6.29. The molecule has 0 radical (unpaired) electrons. The molecule has 0 aliphatic carbocycles. The van der Waals surface area contributed by atoms with Gasteiger partial charge in [0, 0.05) is 19.0 Å². The van der Waals surface area contributed by atoms with E-state index in [-0.39, 0.29) is 10.7 Å². The molecule has 3 nitrogen and oxygen atoms in total. The van der Waals surface area contributed by atoms with E-state index in [1.807, 2.05) is 26.8 Å². The summed E-state index contributed by atoms with van der Waals surface area (Å²) in [4.78, 5) is 15.8. The number of nitrogens with zero attached hydrogens (tertiary/aromatic N) is 2. The van der Waals surface area contributed by atoms with Crippen molar-refractivity contribution in [3.63, 3.8) is 0 Å². The molecular formula is C11H15ClN2O. The van der Waals surface area contributed by atoms with Gasteiger partial charge in [0.2, 0.25) is 0 Å². The summed E-state index contributed by atoms with van der Waals surface area (Å²) in [6, 6.07) is 1.35. The van der Waals surface area contributed by atoms with Gasteiger partial charge < -0.3 is 0 Å². The molecule has 1 heterocycles. The van der Waals surface area contributed by atoms with Gasteiger partial charge in [-0.3, -0.25) is 9.36 Å². The Kier molecular flexibility index (Phi) is 4.09. The summed E-state index contributed by atoms with van der Waals surface area (Å²) < 4.78 is 1.64. The van der Waals surface area contributed by atoms with Crippen LogP contribution in [0.1, 0.15) is 26.6 Å². The first kappa shape index (κ1) is 12.0. The fourth-order valence-electron chi connectivity index (χ4n) is 1.26. The van der Waals surface area contributed by atoms with E-state index >= 15 is 0 Å². The van der Waals surface area contributed by atoms with Crippen molar-refractivity contribution in [1.82, 2.24) is 9.55 Å². The van der Waals surface area contributed by atoms with Gasteiger partial charge in [-0.05, 0) is 13.8 Å². The lowest BCUT2D eigenvalue weighted by molar-refractivity contribution is 0.684. The zero-order valence-electron chi connectivity index (χ0n) is 9.25. The molecule has 0 unspecified atom stereocenters. The molecule has 0 saturated carbocycles. The molecule has 0 atom stereocenters. The molecule has 0 aromatic carbocycles. The molecule has 0 saturated heterocycles. The van der Waals surface area contributed by atoms with E-state index in [0.29, 0.717) is 13.0 Å². The molecule has 1 aromatic rings. The van der Waals surface area contributed by atoms with Gasteiger partial charge in [0.05, 0.1) is 0 Å². The second-order valence-corrected chi connectivity index (χ2v) is 3.97. The average Bonchev–Trinajstić information content (AvgIpc) is 2.14. The highest BCUT2D eigenvalue weighted by Crippen LogP contribution is 2.03. The summed E-state index contributed by atoms with van der Waals surface area (Å²) in [5.74, 6) is 0.727. The molecule has 0 spiro atoms. The van der Waals surface area contributed by atoms with Gasteiger partial charge in [-0.15, -0.1) is 0 Å². The van der Waals surface area contributed by atoms with Crippen molar-refractivity contribution in [2.75, 3.05) is 0 Å². The number of allylic oxidation sites excluding steroid dienone is 2. The summed E-state index contributed by atoms with van der Waals surface area (Å²) >= 11 is 5.72. The molecular weight excluding hydrogens is 212 g/mol. The predicted octanol–water partition coefficient (Wildman–Crippen LogP) is 2.43. The Morgan fingerprint density at radius 3 is 2.80 bits per heavy atom. The Balaban J connectivity index is 3.16. The van der Waals surface area contributed by atoms with Crippen molar-refractivity contribution in [1.29, 1.82) is 0 Å². The standard InChI is InChI=1S/C11H15ClN2O/c1-4-10-13-9(12)7-11(15)14(10)6-5-8(2)3/h5,7H,4,6H2,1-3H3.